The van der Waals surface area contributed by atoms with Gasteiger partial charge >= 0.3 is 5.97 Å². The molecule has 4 aliphatic rings. The van der Waals surface area contributed by atoms with Crippen molar-refractivity contribution in [2.24, 2.45) is 34.0 Å². The second kappa shape index (κ2) is 6.58. The zero-order valence-electron chi connectivity index (χ0n) is 18.4. The van der Waals surface area contributed by atoms with Crippen molar-refractivity contribution in [3.05, 3.63) is 35.5 Å². The molecular formula is C25H35NO3. The van der Waals surface area contributed by atoms with Crippen LogP contribution < -0.4 is 5.32 Å². The van der Waals surface area contributed by atoms with Gasteiger partial charge in [0, 0.05) is 10.8 Å². The first-order chi connectivity index (χ1) is 13.5. The van der Waals surface area contributed by atoms with Crippen molar-refractivity contribution in [1.82, 2.24) is 5.32 Å². The Balaban J connectivity index is 1.71. The van der Waals surface area contributed by atoms with Gasteiger partial charge in [0.15, 0.2) is 0 Å². The number of fused-ring (bicyclic) bond motifs is 5. The Morgan fingerprint density at radius 1 is 1.24 bits per heavy atom. The predicted molar refractivity (Wildman–Crippen MR) is 114 cm³/mol. The molecule has 4 heteroatoms. The molecule has 0 aliphatic heterocycles. The van der Waals surface area contributed by atoms with Crippen molar-refractivity contribution >= 4 is 11.9 Å². The highest BCUT2D eigenvalue weighted by Gasteiger charge is 2.54. The second-order valence-electron chi connectivity index (χ2n) is 11.3. The molecule has 4 unspecified atom stereocenters. The van der Waals surface area contributed by atoms with E-state index in [9.17, 15) is 14.7 Å². The quantitative estimate of drug-likeness (QED) is 0.653. The minimum absolute atomic E-state index is 0.0967. The molecule has 4 nitrogen and oxygen atoms in total. The second-order valence-corrected chi connectivity index (χ2v) is 11.3. The summed E-state index contributed by atoms with van der Waals surface area (Å²) in [4.78, 5) is 24.7. The van der Waals surface area contributed by atoms with Crippen LogP contribution in [-0.4, -0.2) is 23.0 Å². The lowest BCUT2D eigenvalue weighted by Crippen LogP contribution is -2.52. The van der Waals surface area contributed by atoms with Gasteiger partial charge in [-0.3, -0.25) is 4.79 Å². The molecule has 0 bridgehead atoms. The summed E-state index contributed by atoms with van der Waals surface area (Å²) >= 11 is 0. The fourth-order valence-corrected chi connectivity index (χ4v) is 6.52. The van der Waals surface area contributed by atoms with Crippen molar-refractivity contribution in [2.45, 2.75) is 72.8 Å². The number of hydrogen-bond acceptors (Lipinski definition) is 2. The number of hydrogen-bond donors (Lipinski definition) is 2. The Bertz CT molecular complexity index is 829. The highest BCUT2D eigenvalue weighted by Crippen LogP contribution is 2.62. The summed E-state index contributed by atoms with van der Waals surface area (Å²) < 4.78 is 0. The van der Waals surface area contributed by atoms with E-state index in [4.69, 9.17) is 0 Å². The molecule has 29 heavy (non-hydrogen) atoms. The number of rotatable bonds is 2. The minimum Gasteiger partial charge on any atom is -0.478 e. The minimum atomic E-state index is -0.933. The lowest BCUT2D eigenvalue weighted by atomic mass is 9.50. The third-order valence-electron chi connectivity index (χ3n) is 8.29. The number of carbonyl (C=O) groups excluding carboxylic acids is 1. The Labute approximate surface area is 174 Å². The SMILES string of the molecule is CC(C)(C)C(=O)NC1C[C@@]2(C)C(=CCC3C2C=C[C@]2(C)CCCC32)C=C1C(=O)O. The van der Waals surface area contributed by atoms with E-state index in [0.717, 1.165) is 12.0 Å². The molecule has 0 radical (unpaired) electrons. The van der Waals surface area contributed by atoms with Gasteiger partial charge in [-0.15, -0.1) is 0 Å². The zero-order valence-corrected chi connectivity index (χ0v) is 18.4. The molecule has 0 spiro atoms. The zero-order chi connectivity index (χ0) is 21.2. The Kier molecular flexibility index (Phi) is 4.64. The van der Waals surface area contributed by atoms with Crippen LogP contribution >= 0.6 is 0 Å². The highest BCUT2D eigenvalue weighted by atomic mass is 16.4. The standard InChI is InChI=1S/C25H35NO3/c1-23(2,3)22(29)26-20-14-25(5)15(13-17(20)21(27)28)8-9-16-18-7-6-11-24(18,4)12-10-19(16)25/h8,10,12-13,16,18-20H,6-7,9,11,14H2,1-5H3,(H,26,29)(H,27,28)/t16?,18?,19?,20?,24-,25-/m0/s1. The van der Waals surface area contributed by atoms with Gasteiger partial charge in [-0.25, -0.2) is 4.79 Å². The first kappa shape index (κ1) is 20.4. The van der Waals surface area contributed by atoms with Gasteiger partial charge in [0.1, 0.15) is 0 Å². The normalized spacial score (nSPS) is 40.9. The van der Waals surface area contributed by atoms with Crippen molar-refractivity contribution in [1.29, 1.82) is 0 Å². The van der Waals surface area contributed by atoms with E-state index >= 15 is 0 Å². The first-order valence-electron chi connectivity index (χ1n) is 11.1. The topological polar surface area (TPSA) is 66.4 Å². The van der Waals surface area contributed by atoms with E-state index in [1.165, 1.54) is 19.3 Å². The van der Waals surface area contributed by atoms with Gasteiger partial charge in [-0.1, -0.05) is 59.3 Å². The van der Waals surface area contributed by atoms with E-state index in [0.29, 0.717) is 35.2 Å². The Hall–Kier alpha value is -1.84. The molecule has 0 heterocycles. The van der Waals surface area contributed by atoms with Gasteiger partial charge < -0.3 is 10.4 Å². The molecule has 4 aliphatic carbocycles. The van der Waals surface area contributed by atoms with Crippen LogP contribution in [0.2, 0.25) is 0 Å². The van der Waals surface area contributed by atoms with Crippen LogP contribution in [-0.2, 0) is 9.59 Å². The first-order valence-corrected chi connectivity index (χ1v) is 11.1. The van der Waals surface area contributed by atoms with E-state index in [1.54, 1.807) is 0 Å². The van der Waals surface area contributed by atoms with E-state index in [-0.39, 0.29) is 11.3 Å². The molecule has 0 aromatic heterocycles. The van der Waals surface area contributed by atoms with Crippen molar-refractivity contribution in [3.63, 3.8) is 0 Å². The summed E-state index contributed by atoms with van der Waals surface area (Å²) in [6, 6.07) is -0.453. The molecule has 158 valence electrons. The van der Waals surface area contributed by atoms with Gasteiger partial charge in [-0.2, -0.15) is 0 Å². The summed E-state index contributed by atoms with van der Waals surface area (Å²) in [5.74, 6) is 0.691. The van der Waals surface area contributed by atoms with Gasteiger partial charge in [0.2, 0.25) is 5.91 Å². The monoisotopic (exact) mass is 397 g/mol. The van der Waals surface area contributed by atoms with Crippen molar-refractivity contribution in [2.75, 3.05) is 0 Å². The molecule has 2 N–H and O–H groups in total. The number of carboxylic acids is 1. The molecule has 1 fully saturated rings. The number of amides is 1. The maximum absolute atomic E-state index is 12.7. The molecular weight excluding hydrogens is 362 g/mol. The molecule has 0 aromatic carbocycles. The average molecular weight is 398 g/mol. The maximum atomic E-state index is 12.7. The smallest absolute Gasteiger partial charge is 0.333 e. The van der Waals surface area contributed by atoms with E-state index in [1.807, 2.05) is 26.8 Å². The van der Waals surface area contributed by atoms with Gasteiger partial charge in [-0.05, 0) is 60.5 Å². The molecule has 0 saturated heterocycles. The van der Waals surface area contributed by atoms with Crippen molar-refractivity contribution < 1.29 is 14.7 Å². The lowest BCUT2D eigenvalue weighted by molar-refractivity contribution is -0.133. The fraction of sp³-hybridized carbons (Fsp3) is 0.680. The van der Waals surface area contributed by atoms with Crippen molar-refractivity contribution in [3.8, 4) is 0 Å². The number of nitrogens with one attached hydrogen (secondary N) is 1. The van der Waals surface area contributed by atoms with E-state index in [2.05, 4.69) is 37.4 Å². The van der Waals surface area contributed by atoms with Crippen LogP contribution in [0.4, 0.5) is 0 Å². The molecule has 6 atom stereocenters. The number of carboxylic acid groups (broad SMARTS) is 1. The Morgan fingerprint density at radius 3 is 2.62 bits per heavy atom. The van der Waals surface area contributed by atoms with Gasteiger partial charge in [0.25, 0.3) is 0 Å². The summed E-state index contributed by atoms with van der Waals surface area (Å²) in [7, 11) is 0. The van der Waals surface area contributed by atoms with Crippen LogP contribution in [0.15, 0.2) is 35.5 Å². The third kappa shape index (κ3) is 3.19. The Morgan fingerprint density at radius 2 is 1.97 bits per heavy atom. The molecule has 4 rings (SSSR count). The van der Waals surface area contributed by atoms with Crippen LogP contribution in [0.25, 0.3) is 0 Å². The van der Waals surface area contributed by atoms with Crippen LogP contribution in [0.1, 0.15) is 66.7 Å². The van der Waals surface area contributed by atoms with Crippen LogP contribution in [0.3, 0.4) is 0 Å². The number of carbonyl (C=O) groups is 2. The fourth-order valence-electron chi connectivity index (χ4n) is 6.52. The molecule has 0 aromatic rings. The number of allylic oxidation sites excluding steroid dienone is 5. The van der Waals surface area contributed by atoms with E-state index < -0.39 is 17.4 Å². The summed E-state index contributed by atoms with van der Waals surface area (Å²) in [5, 5.41) is 12.9. The largest absolute Gasteiger partial charge is 0.478 e. The lowest BCUT2D eigenvalue weighted by Gasteiger charge is -2.54. The summed E-state index contributed by atoms with van der Waals surface area (Å²) in [6.07, 6.45) is 14.6. The van der Waals surface area contributed by atoms with Gasteiger partial charge in [0.05, 0.1) is 11.6 Å². The predicted octanol–water partition coefficient (Wildman–Crippen LogP) is 4.88. The number of aliphatic carboxylic acids is 1. The summed E-state index contributed by atoms with van der Waals surface area (Å²) in [6.45, 7) is 10.3. The highest BCUT2D eigenvalue weighted by molar-refractivity contribution is 5.91. The average Bonchev–Trinajstić information content (AvgIpc) is 3.01. The molecule has 1 saturated carbocycles. The third-order valence-corrected chi connectivity index (χ3v) is 8.29. The molecule has 1 amide bonds. The summed E-state index contributed by atoms with van der Waals surface area (Å²) in [5.41, 5.74) is 1.09. The maximum Gasteiger partial charge on any atom is 0.333 e. The van der Waals surface area contributed by atoms with Crippen LogP contribution in [0, 0.1) is 34.0 Å². The van der Waals surface area contributed by atoms with Crippen LogP contribution in [0.5, 0.6) is 0 Å².